The Morgan fingerprint density at radius 1 is 1.19 bits per heavy atom. The van der Waals surface area contributed by atoms with Gasteiger partial charge in [0, 0.05) is 26.1 Å². The first-order valence-electron chi connectivity index (χ1n) is 7.54. The van der Waals surface area contributed by atoms with Crippen molar-refractivity contribution in [1.29, 1.82) is 0 Å². The lowest BCUT2D eigenvalue weighted by Gasteiger charge is -2.18. The number of nitrogens with two attached hydrogens (primary N) is 1. The minimum Gasteiger partial charge on any atom is -0.345 e. The quantitative estimate of drug-likeness (QED) is 0.886. The van der Waals surface area contributed by atoms with Gasteiger partial charge in [-0.2, -0.15) is 0 Å². The zero-order valence-electron chi connectivity index (χ0n) is 12.9. The molecule has 0 saturated heterocycles. The van der Waals surface area contributed by atoms with Crippen molar-refractivity contribution in [3.8, 4) is 0 Å². The Morgan fingerprint density at radius 2 is 1.90 bits per heavy atom. The SMILES string of the molecule is CC(N)CCC(=O)N(C)CCc1cccc2ccccc12. The molecule has 0 saturated carbocycles. The summed E-state index contributed by atoms with van der Waals surface area (Å²) < 4.78 is 0. The number of carbonyl (C=O) groups is 1. The fourth-order valence-corrected chi connectivity index (χ4v) is 2.47. The van der Waals surface area contributed by atoms with Gasteiger partial charge in [0.1, 0.15) is 0 Å². The topological polar surface area (TPSA) is 46.3 Å². The predicted octanol–water partition coefficient (Wildman–Crippen LogP) is 2.97. The molecule has 21 heavy (non-hydrogen) atoms. The predicted molar refractivity (Wildman–Crippen MR) is 88.2 cm³/mol. The van der Waals surface area contributed by atoms with Gasteiger partial charge >= 0.3 is 0 Å². The number of carbonyl (C=O) groups excluding carboxylic acids is 1. The fraction of sp³-hybridized carbons (Fsp3) is 0.389. The van der Waals surface area contributed by atoms with Crippen molar-refractivity contribution in [2.45, 2.75) is 32.2 Å². The molecule has 112 valence electrons. The molecule has 0 spiro atoms. The van der Waals surface area contributed by atoms with E-state index in [0.29, 0.717) is 6.42 Å². The van der Waals surface area contributed by atoms with Crippen LogP contribution in [-0.2, 0) is 11.2 Å². The van der Waals surface area contributed by atoms with Crippen LogP contribution >= 0.6 is 0 Å². The lowest BCUT2D eigenvalue weighted by atomic mass is 10.0. The minimum absolute atomic E-state index is 0.0837. The first-order chi connectivity index (χ1) is 10.1. The third kappa shape index (κ3) is 4.30. The highest BCUT2D eigenvalue weighted by Gasteiger charge is 2.10. The maximum Gasteiger partial charge on any atom is 0.222 e. The van der Waals surface area contributed by atoms with E-state index in [2.05, 4.69) is 42.5 Å². The van der Waals surface area contributed by atoms with Crippen molar-refractivity contribution < 1.29 is 4.79 Å². The van der Waals surface area contributed by atoms with Crippen LogP contribution in [0.2, 0.25) is 0 Å². The summed E-state index contributed by atoms with van der Waals surface area (Å²) >= 11 is 0. The lowest BCUT2D eigenvalue weighted by molar-refractivity contribution is -0.130. The highest BCUT2D eigenvalue weighted by molar-refractivity contribution is 5.85. The molecule has 2 aromatic rings. The normalized spacial score (nSPS) is 12.3. The Morgan fingerprint density at radius 3 is 2.67 bits per heavy atom. The molecule has 3 heteroatoms. The Labute approximate surface area is 126 Å². The van der Waals surface area contributed by atoms with E-state index >= 15 is 0 Å². The first kappa shape index (κ1) is 15.5. The van der Waals surface area contributed by atoms with Crippen LogP contribution < -0.4 is 5.73 Å². The Kier molecular flexibility index (Phi) is 5.34. The molecule has 1 unspecified atom stereocenters. The van der Waals surface area contributed by atoms with Gasteiger partial charge in [0.25, 0.3) is 0 Å². The average Bonchev–Trinajstić information content (AvgIpc) is 2.50. The van der Waals surface area contributed by atoms with Crippen molar-refractivity contribution in [3.63, 3.8) is 0 Å². The molecule has 2 aromatic carbocycles. The molecule has 0 radical (unpaired) electrons. The fourth-order valence-electron chi connectivity index (χ4n) is 2.47. The summed E-state index contributed by atoms with van der Waals surface area (Å²) in [7, 11) is 1.87. The monoisotopic (exact) mass is 284 g/mol. The zero-order valence-corrected chi connectivity index (χ0v) is 12.9. The number of amides is 1. The van der Waals surface area contributed by atoms with Gasteiger partial charge in [-0.1, -0.05) is 42.5 Å². The number of fused-ring (bicyclic) bond motifs is 1. The Bertz CT molecular complexity index is 602. The third-order valence-corrected chi connectivity index (χ3v) is 3.84. The summed E-state index contributed by atoms with van der Waals surface area (Å²) in [4.78, 5) is 13.8. The molecule has 0 aliphatic carbocycles. The van der Waals surface area contributed by atoms with Crippen LogP contribution in [0.25, 0.3) is 10.8 Å². The number of benzene rings is 2. The van der Waals surface area contributed by atoms with E-state index < -0.39 is 0 Å². The maximum absolute atomic E-state index is 12.0. The summed E-state index contributed by atoms with van der Waals surface area (Å²) in [5.41, 5.74) is 6.99. The van der Waals surface area contributed by atoms with Gasteiger partial charge in [0.05, 0.1) is 0 Å². The van der Waals surface area contributed by atoms with Gasteiger partial charge in [0.2, 0.25) is 5.91 Å². The molecular formula is C18H24N2O. The van der Waals surface area contributed by atoms with Crippen LogP contribution in [-0.4, -0.2) is 30.4 Å². The standard InChI is InChI=1S/C18H24N2O/c1-14(19)10-11-18(21)20(2)13-12-16-8-5-7-15-6-3-4-9-17(15)16/h3-9,14H,10-13,19H2,1-2H3. The summed E-state index contributed by atoms with van der Waals surface area (Å²) in [6, 6.07) is 14.8. The van der Waals surface area contributed by atoms with Crippen LogP contribution in [0, 0.1) is 0 Å². The second-order valence-electron chi connectivity index (χ2n) is 5.72. The molecule has 1 amide bonds. The number of hydrogen-bond acceptors (Lipinski definition) is 2. The summed E-state index contributed by atoms with van der Waals surface area (Å²) in [6.07, 6.45) is 2.16. The maximum atomic E-state index is 12.0. The van der Waals surface area contributed by atoms with Gasteiger partial charge in [-0.25, -0.2) is 0 Å². The zero-order chi connectivity index (χ0) is 15.2. The van der Waals surface area contributed by atoms with Crippen molar-refractivity contribution in [2.24, 2.45) is 5.73 Å². The van der Waals surface area contributed by atoms with E-state index in [1.807, 2.05) is 18.9 Å². The number of likely N-dealkylation sites (N-methyl/N-ethyl adjacent to an activating group) is 1. The van der Waals surface area contributed by atoms with Gasteiger partial charge in [-0.05, 0) is 36.1 Å². The third-order valence-electron chi connectivity index (χ3n) is 3.84. The molecule has 2 N–H and O–H groups in total. The van der Waals surface area contributed by atoms with E-state index in [1.165, 1.54) is 16.3 Å². The van der Waals surface area contributed by atoms with Crippen LogP contribution in [0.5, 0.6) is 0 Å². The highest BCUT2D eigenvalue weighted by Crippen LogP contribution is 2.19. The molecule has 0 aliphatic rings. The minimum atomic E-state index is 0.0837. The van der Waals surface area contributed by atoms with E-state index in [0.717, 1.165) is 19.4 Å². The second-order valence-corrected chi connectivity index (χ2v) is 5.72. The number of hydrogen-bond donors (Lipinski definition) is 1. The first-order valence-corrected chi connectivity index (χ1v) is 7.54. The average molecular weight is 284 g/mol. The molecule has 0 aromatic heterocycles. The largest absolute Gasteiger partial charge is 0.345 e. The molecular weight excluding hydrogens is 260 g/mol. The van der Waals surface area contributed by atoms with E-state index in [4.69, 9.17) is 5.73 Å². The molecule has 0 bridgehead atoms. The van der Waals surface area contributed by atoms with Gasteiger partial charge in [-0.15, -0.1) is 0 Å². The summed E-state index contributed by atoms with van der Waals surface area (Å²) in [5, 5.41) is 2.53. The van der Waals surface area contributed by atoms with Crippen LogP contribution in [0.15, 0.2) is 42.5 Å². The van der Waals surface area contributed by atoms with E-state index in [1.54, 1.807) is 0 Å². The van der Waals surface area contributed by atoms with E-state index in [-0.39, 0.29) is 11.9 Å². The highest BCUT2D eigenvalue weighted by atomic mass is 16.2. The number of nitrogens with zero attached hydrogens (tertiary/aromatic N) is 1. The molecule has 2 rings (SSSR count). The smallest absolute Gasteiger partial charge is 0.222 e. The molecule has 1 atom stereocenters. The van der Waals surface area contributed by atoms with Gasteiger partial charge in [-0.3, -0.25) is 4.79 Å². The van der Waals surface area contributed by atoms with Crippen molar-refractivity contribution >= 4 is 16.7 Å². The van der Waals surface area contributed by atoms with Crippen LogP contribution in [0.3, 0.4) is 0 Å². The van der Waals surface area contributed by atoms with Gasteiger partial charge in [0.15, 0.2) is 0 Å². The number of rotatable bonds is 6. The van der Waals surface area contributed by atoms with Crippen molar-refractivity contribution in [1.82, 2.24) is 4.90 Å². The summed E-state index contributed by atoms with van der Waals surface area (Å²) in [6.45, 7) is 2.68. The Balaban J connectivity index is 1.97. The Hall–Kier alpha value is -1.87. The van der Waals surface area contributed by atoms with Crippen molar-refractivity contribution in [2.75, 3.05) is 13.6 Å². The molecule has 0 aliphatic heterocycles. The van der Waals surface area contributed by atoms with Crippen LogP contribution in [0.4, 0.5) is 0 Å². The second kappa shape index (κ2) is 7.23. The molecule has 3 nitrogen and oxygen atoms in total. The van der Waals surface area contributed by atoms with Crippen LogP contribution in [0.1, 0.15) is 25.3 Å². The van der Waals surface area contributed by atoms with Gasteiger partial charge < -0.3 is 10.6 Å². The lowest BCUT2D eigenvalue weighted by Crippen LogP contribution is -2.30. The summed E-state index contributed by atoms with van der Waals surface area (Å²) in [5.74, 6) is 0.174. The molecule has 0 fully saturated rings. The molecule has 0 heterocycles. The van der Waals surface area contributed by atoms with Crippen molar-refractivity contribution in [3.05, 3.63) is 48.0 Å². The van der Waals surface area contributed by atoms with E-state index in [9.17, 15) is 4.79 Å².